The number of carbonyl (C=O) groups is 2. The monoisotopic (exact) mass is 410 g/mol. The highest BCUT2D eigenvalue weighted by Gasteiger charge is 2.13. The summed E-state index contributed by atoms with van der Waals surface area (Å²) in [5, 5.41) is 14.8. The zero-order valence-electron chi connectivity index (χ0n) is 17.7. The van der Waals surface area contributed by atoms with Crippen molar-refractivity contribution < 1.29 is 29.3 Å². The largest absolute Gasteiger partial charge is 0.491 e. The second kappa shape index (κ2) is 13.9. The number of benzene rings is 1. The average molecular weight is 411 g/mol. The number of likely N-dealkylation sites (N-methyl/N-ethyl adjacent to an activating group) is 1. The first-order chi connectivity index (χ1) is 13.8. The van der Waals surface area contributed by atoms with E-state index in [0.717, 1.165) is 51.5 Å². The van der Waals surface area contributed by atoms with Crippen molar-refractivity contribution in [1.29, 1.82) is 0 Å². The Hall–Kier alpha value is -2.16. The van der Waals surface area contributed by atoms with E-state index in [1.54, 1.807) is 0 Å². The van der Waals surface area contributed by atoms with Crippen molar-refractivity contribution in [3.63, 3.8) is 0 Å². The standard InChI is InChI=1S/C19H32N2O2.C2H2O4/c1-4-17(2)18-7-5-6-8-19(18)23-16-15-22-14-13-21-11-9-20(3)10-12-21;3-1(4)2(5)6/h5-8,17H,4,9-16H2,1-3H3;(H,3,4)(H,5,6). The normalized spacial score (nSPS) is 15.8. The Bertz CT molecular complexity index is 605. The van der Waals surface area contributed by atoms with Gasteiger partial charge in [0.15, 0.2) is 0 Å². The van der Waals surface area contributed by atoms with Gasteiger partial charge < -0.3 is 24.6 Å². The van der Waals surface area contributed by atoms with Crippen molar-refractivity contribution >= 4 is 11.9 Å². The molecule has 1 saturated heterocycles. The lowest BCUT2D eigenvalue weighted by Crippen LogP contribution is -2.45. The Kier molecular flexibility index (Phi) is 11.9. The van der Waals surface area contributed by atoms with E-state index in [1.807, 2.05) is 6.07 Å². The van der Waals surface area contributed by atoms with E-state index in [9.17, 15) is 0 Å². The van der Waals surface area contributed by atoms with E-state index in [2.05, 4.69) is 48.9 Å². The van der Waals surface area contributed by atoms with Gasteiger partial charge in [0.2, 0.25) is 0 Å². The van der Waals surface area contributed by atoms with Gasteiger partial charge in [0, 0.05) is 32.7 Å². The van der Waals surface area contributed by atoms with E-state index in [0.29, 0.717) is 19.1 Å². The van der Waals surface area contributed by atoms with Crippen LogP contribution in [0.3, 0.4) is 0 Å². The van der Waals surface area contributed by atoms with Gasteiger partial charge in [-0.15, -0.1) is 0 Å². The quantitative estimate of drug-likeness (QED) is 0.471. The van der Waals surface area contributed by atoms with Crippen LogP contribution >= 0.6 is 0 Å². The SMILES string of the molecule is CCC(C)c1ccccc1OCCOCCN1CCN(C)CC1.O=C(O)C(=O)O. The highest BCUT2D eigenvalue weighted by atomic mass is 16.5. The van der Waals surface area contributed by atoms with E-state index >= 15 is 0 Å². The molecular formula is C21H34N2O6. The minimum Gasteiger partial charge on any atom is -0.491 e. The Labute approximate surface area is 173 Å². The van der Waals surface area contributed by atoms with E-state index in [-0.39, 0.29) is 0 Å². The third-order valence-corrected chi connectivity index (χ3v) is 4.88. The summed E-state index contributed by atoms with van der Waals surface area (Å²) < 4.78 is 11.7. The lowest BCUT2D eigenvalue weighted by atomic mass is 9.98. The highest BCUT2D eigenvalue weighted by molar-refractivity contribution is 6.27. The van der Waals surface area contributed by atoms with Gasteiger partial charge in [-0.2, -0.15) is 0 Å². The molecule has 29 heavy (non-hydrogen) atoms. The molecule has 8 nitrogen and oxygen atoms in total. The predicted octanol–water partition coefficient (Wildman–Crippen LogP) is 2.00. The number of carboxylic acids is 2. The Balaban J connectivity index is 0.000000612. The highest BCUT2D eigenvalue weighted by Crippen LogP contribution is 2.28. The number of para-hydroxylation sites is 1. The van der Waals surface area contributed by atoms with Crippen molar-refractivity contribution in [2.75, 3.05) is 59.6 Å². The molecule has 0 aromatic heterocycles. The second-order valence-electron chi connectivity index (χ2n) is 7.06. The van der Waals surface area contributed by atoms with Crippen LogP contribution in [0.15, 0.2) is 24.3 Å². The van der Waals surface area contributed by atoms with Crippen molar-refractivity contribution in [2.45, 2.75) is 26.2 Å². The molecule has 1 aromatic rings. The van der Waals surface area contributed by atoms with Gasteiger partial charge in [-0.05, 0) is 31.0 Å². The maximum absolute atomic E-state index is 9.10. The molecule has 0 radical (unpaired) electrons. The first-order valence-electron chi connectivity index (χ1n) is 10.0. The number of hydrogen-bond acceptors (Lipinski definition) is 6. The minimum absolute atomic E-state index is 0.532. The van der Waals surface area contributed by atoms with Crippen LogP contribution in [0.2, 0.25) is 0 Å². The lowest BCUT2D eigenvalue weighted by molar-refractivity contribution is -0.159. The summed E-state index contributed by atoms with van der Waals surface area (Å²) in [7, 11) is 2.18. The van der Waals surface area contributed by atoms with Crippen LogP contribution in [-0.4, -0.2) is 91.5 Å². The Morgan fingerprint density at radius 3 is 2.24 bits per heavy atom. The zero-order valence-corrected chi connectivity index (χ0v) is 17.7. The first-order valence-corrected chi connectivity index (χ1v) is 10.0. The van der Waals surface area contributed by atoms with Gasteiger partial charge in [-0.1, -0.05) is 32.0 Å². The molecule has 1 aromatic carbocycles. The maximum Gasteiger partial charge on any atom is 0.414 e. The maximum atomic E-state index is 9.10. The van der Waals surface area contributed by atoms with Gasteiger partial charge in [0.1, 0.15) is 12.4 Å². The summed E-state index contributed by atoms with van der Waals surface area (Å²) in [6, 6.07) is 8.35. The fraction of sp³-hybridized carbons (Fsp3) is 0.619. The Morgan fingerprint density at radius 1 is 1.03 bits per heavy atom. The van der Waals surface area contributed by atoms with E-state index < -0.39 is 11.9 Å². The van der Waals surface area contributed by atoms with E-state index in [4.69, 9.17) is 29.3 Å². The molecule has 0 saturated carbocycles. The molecule has 0 aliphatic carbocycles. The molecule has 1 unspecified atom stereocenters. The molecule has 1 atom stereocenters. The lowest BCUT2D eigenvalue weighted by Gasteiger charge is -2.32. The molecule has 0 amide bonds. The van der Waals surface area contributed by atoms with Gasteiger partial charge >= 0.3 is 11.9 Å². The van der Waals surface area contributed by atoms with Gasteiger partial charge in [-0.25, -0.2) is 9.59 Å². The molecule has 1 heterocycles. The van der Waals surface area contributed by atoms with Crippen LogP contribution in [0.25, 0.3) is 0 Å². The van der Waals surface area contributed by atoms with Crippen LogP contribution in [0.1, 0.15) is 31.7 Å². The predicted molar refractivity (Wildman–Crippen MR) is 111 cm³/mol. The molecule has 0 spiro atoms. The minimum atomic E-state index is -1.82. The van der Waals surface area contributed by atoms with Crippen molar-refractivity contribution in [3.8, 4) is 5.75 Å². The number of ether oxygens (including phenoxy) is 2. The topological polar surface area (TPSA) is 99.5 Å². The summed E-state index contributed by atoms with van der Waals surface area (Å²) in [4.78, 5) is 23.0. The molecule has 1 fully saturated rings. The Morgan fingerprint density at radius 2 is 1.66 bits per heavy atom. The van der Waals surface area contributed by atoms with Gasteiger partial charge in [-0.3, -0.25) is 4.90 Å². The van der Waals surface area contributed by atoms with Gasteiger partial charge in [0.05, 0.1) is 13.2 Å². The van der Waals surface area contributed by atoms with Gasteiger partial charge in [0.25, 0.3) is 0 Å². The zero-order chi connectivity index (χ0) is 21.6. The molecule has 2 rings (SSSR count). The first kappa shape index (κ1) is 24.9. The summed E-state index contributed by atoms with van der Waals surface area (Å²) >= 11 is 0. The van der Waals surface area contributed by atoms with Crippen molar-refractivity contribution in [2.24, 2.45) is 0 Å². The number of carboxylic acid groups (broad SMARTS) is 2. The molecular weight excluding hydrogens is 376 g/mol. The van der Waals surface area contributed by atoms with Crippen LogP contribution in [-0.2, 0) is 14.3 Å². The number of nitrogens with zero attached hydrogens (tertiary/aromatic N) is 2. The third kappa shape index (κ3) is 10.3. The van der Waals surface area contributed by atoms with E-state index in [1.165, 1.54) is 5.56 Å². The summed E-state index contributed by atoms with van der Waals surface area (Å²) in [5.41, 5.74) is 1.30. The third-order valence-electron chi connectivity index (χ3n) is 4.88. The van der Waals surface area contributed by atoms with Crippen LogP contribution in [0.4, 0.5) is 0 Å². The van der Waals surface area contributed by atoms with Crippen molar-refractivity contribution in [3.05, 3.63) is 29.8 Å². The smallest absolute Gasteiger partial charge is 0.414 e. The number of aliphatic carboxylic acids is 2. The fourth-order valence-electron chi connectivity index (χ4n) is 2.82. The molecule has 8 heteroatoms. The summed E-state index contributed by atoms with van der Waals surface area (Å²) in [6.45, 7) is 12.2. The van der Waals surface area contributed by atoms with Crippen molar-refractivity contribution in [1.82, 2.24) is 9.80 Å². The average Bonchev–Trinajstić information content (AvgIpc) is 2.72. The van der Waals surface area contributed by atoms with Crippen LogP contribution < -0.4 is 4.74 Å². The molecule has 2 N–H and O–H groups in total. The summed E-state index contributed by atoms with van der Waals surface area (Å²) in [6.07, 6.45) is 1.13. The fourth-order valence-corrected chi connectivity index (χ4v) is 2.82. The second-order valence-corrected chi connectivity index (χ2v) is 7.06. The number of hydrogen-bond donors (Lipinski definition) is 2. The summed E-state index contributed by atoms with van der Waals surface area (Å²) in [5.74, 6) is -2.11. The molecule has 1 aliphatic heterocycles. The number of rotatable bonds is 9. The number of piperazine rings is 1. The van der Waals surface area contributed by atoms with Crippen LogP contribution in [0.5, 0.6) is 5.75 Å². The van der Waals surface area contributed by atoms with Crippen LogP contribution in [0, 0.1) is 0 Å². The molecule has 0 bridgehead atoms. The molecule has 1 aliphatic rings. The molecule has 164 valence electrons.